The maximum atomic E-state index is 12.3. The molecule has 3 rings (SSSR count). The highest BCUT2D eigenvalue weighted by Crippen LogP contribution is 2.19. The summed E-state index contributed by atoms with van der Waals surface area (Å²) in [6.45, 7) is 3.56. The molecule has 3 aromatic rings. The van der Waals surface area contributed by atoms with Crippen LogP contribution in [0.3, 0.4) is 0 Å². The number of carbonyl (C=O) groups is 2. The first-order valence-corrected chi connectivity index (χ1v) is 8.92. The van der Waals surface area contributed by atoms with Gasteiger partial charge in [0.25, 0.3) is 0 Å². The van der Waals surface area contributed by atoms with Gasteiger partial charge < -0.3 is 14.0 Å². The van der Waals surface area contributed by atoms with Crippen LogP contribution in [0.2, 0.25) is 5.02 Å². The standard InChI is InChI=1S/C21H18ClNO5/c1-13-19(14(2)28-23-13)11-26-18-5-3-4-16(10-18)21(25)27-12-20(24)15-6-8-17(22)9-7-15/h3-10H,11-12H2,1-2H3. The van der Waals surface area contributed by atoms with E-state index in [1.165, 1.54) is 0 Å². The maximum absolute atomic E-state index is 12.3. The van der Waals surface area contributed by atoms with Gasteiger partial charge in [0, 0.05) is 10.6 Å². The molecule has 0 bridgehead atoms. The molecule has 28 heavy (non-hydrogen) atoms. The summed E-state index contributed by atoms with van der Waals surface area (Å²) in [7, 11) is 0. The van der Waals surface area contributed by atoms with Gasteiger partial charge in [-0.25, -0.2) is 4.79 Å². The van der Waals surface area contributed by atoms with Crippen molar-refractivity contribution < 1.29 is 23.6 Å². The quantitative estimate of drug-likeness (QED) is 0.428. The Morgan fingerprint density at radius 1 is 1.07 bits per heavy atom. The molecule has 0 N–H and O–H groups in total. The number of halogens is 1. The highest BCUT2D eigenvalue weighted by atomic mass is 35.5. The molecule has 0 amide bonds. The first-order valence-electron chi connectivity index (χ1n) is 8.54. The summed E-state index contributed by atoms with van der Waals surface area (Å²) in [6, 6.07) is 13.0. The van der Waals surface area contributed by atoms with E-state index in [1.807, 2.05) is 13.8 Å². The number of Topliss-reactive ketones (excluding diaryl/α,β-unsaturated/α-hetero) is 1. The Morgan fingerprint density at radius 3 is 2.50 bits per heavy atom. The smallest absolute Gasteiger partial charge is 0.338 e. The SMILES string of the molecule is Cc1noc(C)c1COc1cccc(C(=O)OCC(=O)c2ccc(Cl)cc2)c1. The first kappa shape index (κ1) is 19.6. The van der Waals surface area contributed by atoms with Crippen LogP contribution < -0.4 is 4.74 Å². The fraction of sp³-hybridized carbons (Fsp3) is 0.190. The van der Waals surface area contributed by atoms with Crippen LogP contribution in [0.15, 0.2) is 53.1 Å². The van der Waals surface area contributed by atoms with Crippen LogP contribution in [0.1, 0.15) is 37.7 Å². The van der Waals surface area contributed by atoms with Crippen molar-refractivity contribution in [2.45, 2.75) is 20.5 Å². The fourth-order valence-electron chi connectivity index (χ4n) is 2.51. The van der Waals surface area contributed by atoms with Gasteiger partial charge in [0.1, 0.15) is 18.1 Å². The molecule has 0 aliphatic carbocycles. The van der Waals surface area contributed by atoms with Crippen LogP contribution in [-0.2, 0) is 11.3 Å². The highest BCUT2D eigenvalue weighted by Gasteiger charge is 2.14. The highest BCUT2D eigenvalue weighted by molar-refractivity contribution is 6.30. The van der Waals surface area contributed by atoms with Crippen molar-refractivity contribution in [1.82, 2.24) is 5.16 Å². The van der Waals surface area contributed by atoms with Gasteiger partial charge in [-0.2, -0.15) is 0 Å². The summed E-state index contributed by atoms with van der Waals surface area (Å²) >= 11 is 5.80. The fourth-order valence-corrected chi connectivity index (χ4v) is 2.64. The molecule has 0 atom stereocenters. The number of hydrogen-bond donors (Lipinski definition) is 0. The Balaban J connectivity index is 1.59. The van der Waals surface area contributed by atoms with Gasteiger partial charge in [-0.1, -0.05) is 22.8 Å². The second kappa shape index (κ2) is 8.71. The molecule has 1 heterocycles. The molecule has 0 radical (unpaired) electrons. The third-order valence-electron chi connectivity index (χ3n) is 4.13. The lowest BCUT2D eigenvalue weighted by Crippen LogP contribution is -2.14. The number of nitrogens with zero attached hydrogens (tertiary/aromatic N) is 1. The predicted octanol–water partition coefficient (Wildman–Crippen LogP) is 4.56. The van der Waals surface area contributed by atoms with E-state index >= 15 is 0 Å². The van der Waals surface area contributed by atoms with Gasteiger partial charge in [0.05, 0.1) is 16.8 Å². The summed E-state index contributed by atoms with van der Waals surface area (Å²) in [6.07, 6.45) is 0. The predicted molar refractivity (Wildman–Crippen MR) is 103 cm³/mol. The molecule has 0 saturated carbocycles. The van der Waals surface area contributed by atoms with Gasteiger partial charge >= 0.3 is 5.97 Å². The van der Waals surface area contributed by atoms with E-state index in [0.29, 0.717) is 27.7 Å². The monoisotopic (exact) mass is 399 g/mol. The maximum Gasteiger partial charge on any atom is 0.338 e. The number of ether oxygens (including phenoxy) is 2. The lowest BCUT2D eigenvalue weighted by Gasteiger charge is -2.08. The lowest BCUT2D eigenvalue weighted by molar-refractivity contribution is 0.0474. The third kappa shape index (κ3) is 4.78. The van der Waals surface area contributed by atoms with Gasteiger partial charge in [-0.05, 0) is 56.3 Å². The number of esters is 1. The van der Waals surface area contributed by atoms with Gasteiger partial charge in [0.2, 0.25) is 0 Å². The molecule has 2 aromatic carbocycles. The van der Waals surface area contributed by atoms with Crippen LogP contribution in [-0.4, -0.2) is 23.5 Å². The molecule has 0 unspecified atom stereocenters. The third-order valence-corrected chi connectivity index (χ3v) is 4.39. The van der Waals surface area contributed by atoms with Crippen molar-refractivity contribution in [2.75, 3.05) is 6.61 Å². The average Bonchev–Trinajstić information content (AvgIpc) is 3.02. The van der Waals surface area contributed by atoms with Crippen molar-refractivity contribution >= 4 is 23.4 Å². The molecule has 0 aliphatic rings. The van der Waals surface area contributed by atoms with Crippen LogP contribution in [0.4, 0.5) is 0 Å². The molecule has 1 aromatic heterocycles. The normalized spacial score (nSPS) is 10.5. The molecular formula is C21H18ClNO5. The molecule has 0 spiro atoms. The first-order chi connectivity index (χ1) is 13.4. The zero-order chi connectivity index (χ0) is 20.1. The van der Waals surface area contributed by atoms with Gasteiger partial charge in [-0.15, -0.1) is 0 Å². The minimum absolute atomic E-state index is 0.273. The zero-order valence-electron chi connectivity index (χ0n) is 15.4. The molecule has 6 nitrogen and oxygen atoms in total. The van der Waals surface area contributed by atoms with Crippen molar-refractivity contribution in [2.24, 2.45) is 0 Å². The van der Waals surface area contributed by atoms with Crippen molar-refractivity contribution in [3.05, 3.63) is 81.7 Å². The molecule has 0 fully saturated rings. The lowest BCUT2D eigenvalue weighted by atomic mass is 10.1. The Kier molecular flexibility index (Phi) is 6.11. The second-order valence-electron chi connectivity index (χ2n) is 6.13. The van der Waals surface area contributed by atoms with Crippen LogP contribution in [0, 0.1) is 13.8 Å². The van der Waals surface area contributed by atoms with Crippen molar-refractivity contribution in [3.63, 3.8) is 0 Å². The molecule has 0 aliphatic heterocycles. The van der Waals surface area contributed by atoms with Crippen molar-refractivity contribution in [1.29, 1.82) is 0 Å². The Bertz CT molecular complexity index is 975. The number of benzene rings is 2. The van der Waals surface area contributed by atoms with E-state index in [1.54, 1.807) is 48.5 Å². The Hall–Kier alpha value is -3.12. The van der Waals surface area contributed by atoms with Crippen LogP contribution in [0.5, 0.6) is 5.75 Å². The number of rotatable bonds is 7. The van der Waals surface area contributed by atoms with E-state index in [4.69, 9.17) is 25.6 Å². The van der Waals surface area contributed by atoms with E-state index in [0.717, 1.165) is 11.3 Å². The average molecular weight is 400 g/mol. The van der Waals surface area contributed by atoms with E-state index < -0.39 is 5.97 Å². The van der Waals surface area contributed by atoms with Crippen LogP contribution >= 0.6 is 11.6 Å². The van der Waals surface area contributed by atoms with E-state index in [-0.39, 0.29) is 19.0 Å². The minimum Gasteiger partial charge on any atom is -0.489 e. The number of hydrogen-bond acceptors (Lipinski definition) is 6. The summed E-state index contributed by atoms with van der Waals surface area (Å²) in [5, 5.41) is 4.41. The number of carbonyl (C=O) groups excluding carboxylic acids is 2. The zero-order valence-corrected chi connectivity index (χ0v) is 16.2. The van der Waals surface area contributed by atoms with Gasteiger partial charge in [0.15, 0.2) is 12.4 Å². The van der Waals surface area contributed by atoms with E-state index in [9.17, 15) is 9.59 Å². The molecule has 7 heteroatoms. The topological polar surface area (TPSA) is 78.6 Å². The van der Waals surface area contributed by atoms with Crippen molar-refractivity contribution in [3.8, 4) is 5.75 Å². The minimum atomic E-state index is -0.606. The Labute approximate surface area is 167 Å². The summed E-state index contributed by atoms with van der Waals surface area (Å²) < 4.78 is 15.9. The second-order valence-corrected chi connectivity index (χ2v) is 6.56. The van der Waals surface area contributed by atoms with Gasteiger partial charge in [-0.3, -0.25) is 4.79 Å². The number of aryl methyl sites for hydroxylation is 2. The summed E-state index contributed by atoms with van der Waals surface area (Å²) in [5.41, 5.74) is 2.34. The molecule has 0 saturated heterocycles. The largest absolute Gasteiger partial charge is 0.489 e. The summed E-state index contributed by atoms with van der Waals surface area (Å²) in [5.74, 6) is 0.271. The number of ketones is 1. The summed E-state index contributed by atoms with van der Waals surface area (Å²) in [4.78, 5) is 24.3. The molecule has 144 valence electrons. The van der Waals surface area contributed by atoms with E-state index in [2.05, 4.69) is 5.16 Å². The number of aromatic nitrogens is 1. The van der Waals surface area contributed by atoms with Crippen LogP contribution in [0.25, 0.3) is 0 Å². The molecular weight excluding hydrogens is 382 g/mol. The Morgan fingerprint density at radius 2 is 1.82 bits per heavy atom.